The fraction of sp³-hybridized carbons (Fsp3) is 1.00. The van der Waals surface area contributed by atoms with Crippen LogP contribution in [0.3, 0.4) is 0 Å². The highest BCUT2D eigenvalue weighted by molar-refractivity contribution is 4.84. The molecule has 0 unspecified atom stereocenters. The smallest absolute Gasteiger partial charge is 0.00421 e. The number of rotatable bonds is 0. The van der Waals surface area contributed by atoms with E-state index in [1.54, 1.807) is 0 Å². The van der Waals surface area contributed by atoms with Crippen molar-refractivity contribution in [2.45, 2.75) is 27.7 Å². The molecule has 9 heavy (non-hydrogen) atoms. The molecular formula is C8H19N. The minimum Gasteiger partial charge on any atom is -0.305 e. The second-order valence-corrected chi connectivity index (χ2v) is 3.34. The summed E-state index contributed by atoms with van der Waals surface area (Å²) in [5.41, 5.74) is 0.620. The van der Waals surface area contributed by atoms with Gasteiger partial charge in [0.15, 0.2) is 0 Å². The maximum absolute atomic E-state index is 2.33. The number of hydrogen-bond acceptors (Lipinski definition) is 1. The molecule has 0 bridgehead atoms. The van der Waals surface area contributed by atoms with Crippen molar-refractivity contribution >= 4 is 0 Å². The summed E-state index contributed by atoms with van der Waals surface area (Å²) in [6, 6.07) is 0. The zero-order chi connectivity index (χ0) is 7.49. The molecule has 1 rings (SSSR count). The molecule has 0 atom stereocenters. The van der Waals surface area contributed by atoms with Gasteiger partial charge in [0.1, 0.15) is 0 Å². The maximum atomic E-state index is 2.33. The molecule has 1 saturated heterocycles. The monoisotopic (exact) mass is 129 g/mol. The molecule has 0 radical (unpaired) electrons. The van der Waals surface area contributed by atoms with Gasteiger partial charge in [-0.05, 0) is 12.5 Å². The first-order valence-electron chi connectivity index (χ1n) is 3.79. The maximum Gasteiger partial charge on any atom is 0.00421 e. The van der Waals surface area contributed by atoms with Gasteiger partial charge in [0.2, 0.25) is 0 Å². The van der Waals surface area contributed by atoms with Crippen LogP contribution in [0.1, 0.15) is 27.7 Å². The van der Waals surface area contributed by atoms with E-state index in [-0.39, 0.29) is 0 Å². The molecule has 1 heteroatoms. The lowest BCUT2D eigenvalue weighted by molar-refractivity contribution is 0.0570. The Morgan fingerprint density at radius 1 is 1.11 bits per heavy atom. The Hall–Kier alpha value is -0.0400. The van der Waals surface area contributed by atoms with Gasteiger partial charge in [0.25, 0.3) is 0 Å². The minimum absolute atomic E-state index is 0.620. The Morgan fingerprint density at radius 2 is 1.44 bits per heavy atom. The van der Waals surface area contributed by atoms with Crippen LogP contribution in [0.15, 0.2) is 0 Å². The molecule has 0 saturated carbocycles. The molecule has 1 aliphatic heterocycles. The van der Waals surface area contributed by atoms with Crippen molar-refractivity contribution in [2.75, 3.05) is 20.1 Å². The molecule has 0 aromatic carbocycles. The van der Waals surface area contributed by atoms with Crippen molar-refractivity contribution in [1.29, 1.82) is 0 Å². The molecule has 0 amide bonds. The average molecular weight is 129 g/mol. The first kappa shape index (κ1) is 8.96. The molecule has 0 aromatic heterocycles. The summed E-state index contributed by atoms with van der Waals surface area (Å²) in [5, 5.41) is 0. The van der Waals surface area contributed by atoms with Crippen LogP contribution in [0.4, 0.5) is 0 Å². The topological polar surface area (TPSA) is 3.24 Å². The first-order chi connectivity index (χ1) is 4.10. The van der Waals surface area contributed by atoms with Crippen LogP contribution in [-0.2, 0) is 0 Å². The first-order valence-corrected chi connectivity index (χ1v) is 3.79. The van der Waals surface area contributed by atoms with E-state index in [0.717, 1.165) is 0 Å². The van der Waals surface area contributed by atoms with Gasteiger partial charge in [-0.15, -0.1) is 0 Å². The lowest BCUT2D eigenvalue weighted by atomic mass is 9.85. The molecule has 0 spiro atoms. The van der Waals surface area contributed by atoms with Crippen LogP contribution >= 0.6 is 0 Å². The van der Waals surface area contributed by atoms with E-state index in [0.29, 0.717) is 5.41 Å². The molecule has 56 valence electrons. The molecular weight excluding hydrogens is 110 g/mol. The molecule has 1 heterocycles. The SMILES string of the molecule is CC.CN1CC(C)(C)C1. The Bertz CT molecular complexity index is 68.6. The van der Waals surface area contributed by atoms with Gasteiger partial charge in [0.05, 0.1) is 0 Å². The summed E-state index contributed by atoms with van der Waals surface area (Å²) in [6.07, 6.45) is 0. The van der Waals surface area contributed by atoms with Crippen LogP contribution in [0, 0.1) is 5.41 Å². The lowest BCUT2D eigenvalue weighted by Gasteiger charge is -2.43. The summed E-state index contributed by atoms with van der Waals surface area (Å²) >= 11 is 0. The fourth-order valence-corrected chi connectivity index (χ4v) is 1.42. The van der Waals surface area contributed by atoms with Gasteiger partial charge in [-0.1, -0.05) is 27.7 Å². The quantitative estimate of drug-likeness (QED) is 0.483. The average Bonchev–Trinajstić information content (AvgIpc) is 1.67. The highest BCUT2D eigenvalue weighted by atomic mass is 15.2. The van der Waals surface area contributed by atoms with E-state index in [9.17, 15) is 0 Å². The fourth-order valence-electron chi connectivity index (χ4n) is 1.42. The van der Waals surface area contributed by atoms with Gasteiger partial charge >= 0.3 is 0 Å². The Morgan fingerprint density at radius 3 is 1.44 bits per heavy atom. The second-order valence-electron chi connectivity index (χ2n) is 3.34. The third-order valence-corrected chi connectivity index (χ3v) is 1.40. The predicted molar refractivity (Wildman–Crippen MR) is 42.6 cm³/mol. The standard InChI is InChI=1S/C6H13N.C2H6/c1-6(2)4-7(3)5-6;1-2/h4-5H2,1-3H3;1-2H3. The van der Waals surface area contributed by atoms with Crippen molar-refractivity contribution in [1.82, 2.24) is 4.90 Å². The molecule has 1 fully saturated rings. The molecule has 0 N–H and O–H groups in total. The minimum atomic E-state index is 0.620. The largest absolute Gasteiger partial charge is 0.305 e. The van der Waals surface area contributed by atoms with Crippen LogP contribution in [-0.4, -0.2) is 25.0 Å². The van der Waals surface area contributed by atoms with Gasteiger partial charge in [-0.25, -0.2) is 0 Å². The molecule has 0 aliphatic carbocycles. The van der Waals surface area contributed by atoms with E-state index in [1.807, 2.05) is 13.8 Å². The van der Waals surface area contributed by atoms with Gasteiger partial charge in [-0.3, -0.25) is 0 Å². The van der Waals surface area contributed by atoms with Crippen LogP contribution in [0.5, 0.6) is 0 Å². The number of likely N-dealkylation sites (tertiary alicyclic amines) is 1. The Kier molecular flexibility index (Phi) is 3.20. The van der Waals surface area contributed by atoms with Gasteiger partial charge < -0.3 is 4.90 Å². The van der Waals surface area contributed by atoms with E-state index in [1.165, 1.54) is 13.1 Å². The van der Waals surface area contributed by atoms with Crippen molar-refractivity contribution in [3.63, 3.8) is 0 Å². The highest BCUT2D eigenvalue weighted by Gasteiger charge is 2.30. The number of hydrogen-bond donors (Lipinski definition) is 0. The molecule has 1 aliphatic rings. The van der Waals surface area contributed by atoms with E-state index in [4.69, 9.17) is 0 Å². The van der Waals surface area contributed by atoms with Crippen LogP contribution in [0.2, 0.25) is 0 Å². The highest BCUT2D eigenvalue weighted by Crippen LogP contribution is 2.26. The summed E-state index contributed by atoms with van der Waals surface area (Å²) in [4.78, 5) is 2.33. The zero-order valence-electron chi connectivity index (χ0n) is 7.36. The predicted octanol–water partition coefficient (Wildman–Crippen LogP) is 1.98. The Balaban J connectivity index is 0.000000291. The second kappa shape index (κ2) is 3.21. The normalized spacial score (nSPS) is 23.7. The summed E-state index contributed by atoms with van der Waals surface area (Å²) < 4.78 is 0. The van der Waals surface area contributed by atoms with Crippen molar-refractivity contribution in [3.8, 4) is 0 Å². The third-order valence-electron chi connectivity index (χ3n) is 1.40. The molecule has 0 aromatic rings. The molecule has 1 nitrogen and oxygen atoms in total. The summed E-state index contributed by atoms with van der Waals surface area (Å²) in [5.74, 6) is 0. The van der Waals surface area contributed by atoms with E-state index < -0.39 is 0 Å². The van der Waals surface area contributed by atoms with Gasteiger partial charge in [-0.2, -0.15) is 0 Å². The van der Waals surface area contributed by atoms with Crippen molar-refractivity contribution in [2.24, 2.45) is 5.41 Å². The third kappa shape index (κ3) is 2.85. The summed E-state index contributed by atoms with van der Waals surface area (Å²) in [7, 11) is 2.16. The number of nitrogens with zero attached hydrogens (tertiary/aromatic N) is 1. The Labute approximate surface area is 59.1 Å². The zero-order valence-corrected chi connectivity index (χ0v) is 7.36. The van der Waals surface area contributed by atoms with Crippen molar-refractivity contribution in [3.05, 3.63) is 0 Å². The van der Waals surface area contributed by atoms with Gasteiger partial charge in [0, 0.05) is 13.1 Å². The lowest BCUT2D eigenvalue weighted by Crippen LogP contribution is -2.50. The van der Waals surface area contributed by atoms with Crippen molar-refractivity contribution < 1.29 is 0 Å². The van der Waals surface area contributed by atoms with Crippen LogP contribution < -0.4 is 0 Å². The summed E-state index contributed by atoms with van der Waals surface area (Å²) in [6.45, 7) is 11.1. The van der Waals surface area contributed by atoms with E-state index >= 15 is 0 Å². The van der Waals surface area contributed by atoms with Crippen LogP contribution in [0.25, 0.3) is 0 Å². The van der Waals surface area contributed by atoms with E-state index in [2.05, 4.69) is 25.8 Å².